The van der Waals surface area contributed by atoms with E-state index in [0.717, 1.165) is 13.0 Å². The van der Waals surface area contributed by atoms with Crippen LogP contribution < -0.4 is 11.3 Å². The number of hydrogen-bond acceptors (Lipinski definition) is 4. The van der Waals surface area contributed by atoms with Crippen LogP contribution in [0, 0.1) is 0 Å². The zero-order chi connectivity index (χ0) is 13.8. The number of nitrogens with two attached hydrogens (primary N) is 1. The molecule has 2 heterocycles. The average molecular weight is 281 g/mol. The summed E-state index contributed by atoms with van der Waals surface area (Å²) in [5.74, 6) is 5.97. The SMILES string of the molecule is NNC(CCC1CCCO1)C1(N2CCCC2)CCCC1. The van der Waals surface area contributed by atoms with E-state index < -0.39 is 0 Å². The Labute approximate surface area is 123 Å². The Kier molecular flexibility index (Phi) is 4.97. The molecule has 4 nitrogen and oxygen atoms in total. The molecule has 3 N–H and O–H groups in total. The van der Waals surface area contributed by atoms with Gasteiger partial charge in [0.2, 0.25) is 0 Å². The molecule has 3 fully saturated rings. The number of likely N-dealkylation sites (tertiary alicyclic amines) is 1. The molecule has 2 saturated heterocycles. The number of nitrogens with zero attached hydrogens (tertiary/aromatic N) is 1. The maximum absolute atomic E-state index is 5.97. The Balaban J connectivity index is 1.63. The minimum atomic E-state index is 0.337. The van der Waals surface area contributed by atoms with Crippen LogP contribution in [0.15, 0.2) is 0 Å². The molecular formula is C16H31N3O. The number of hydrazine groups is 1. The van der Waals surface area contributed by atoms with E-state index in [2.05, 4.69) is 10.3 Å². The van der Waals surface area contributed by atoms with Gasteiger partial charge in [-0.1, -0.05) is 12.8 Å². The summed E-state index contributed by atoms with van der Waals surface area (Å²) < 4.78 is 5.79. The van der Waals surface area contributed by atoms with Crippen molar-refractivity contribution in [3.8, 4) is 0 Å². The fraction of sp³-hybridized carbons (Fsp3) is 1.00. The summed E-state index contributed by atoms with van der Waals surface area (Å²) in [4.78, 5) is 2.75. The van der Waals surface area contributed by atoms with Gasteiger partial charge in [0, 0.05) is 18.2 Å². The van der Waals surface area contributed by atoms with E-state index in [4.69, 9.17) is 10.6 Å². The first-order valence-electron chi connectivity index (χ1n) is 8.68. The monoisotopic (exact) mass is 281 g/mol. The topological polar surface area (TPSA) is 50.5 Å². The van der Waals surface area contributed by atoms with Crippen LogP contribution in [0.1, 0.15) is 64.2 Å². The van der Waals surface area contributed by atoms with Crippen LogP contribution in [-0.4, -0.2) is 42.3 Å². The molecule has 0 bridgehead atoms. The molecule has 2 aliphatic heterocycles. The summed E-state index contributed by atoms with van der Waals surface area (Å²) >= 11 is 0. The van der Waals surface area contributed by atoms with E-state index in [1.165, 1.54) is 70.9 Å². The normalized spacial score (nSPS) is 31.9. The van der Waals surface area contributed by atoms with Gasteiger partial charge in [0.25, 0.3) is 0 Å². The van der Waals surface area contributed by atoms with Crippen molar-refractivity contribution in [2.75, 3.05) is 19.7 Å². The molecule has 2 atom stereocenters. The van der Waals surface area contributed by atoms with Crippen LogP contribution in [0.5, 0.6) is 0 Å². The Morgan fingerprint density at radius 2 is 1.90 bits per heavy atom. The Morgan fingerprint density at radius 1 is 1.15 bits per heavy atom. The quantitative estimate of drug-likeness (QED) is 0.579. The van der Waals surface area contributed by atoms with Crippen molar-refractivity contribution >= 4 is 0 Å². The van der Waals surface area contributed by atoms with Crippen molar-refractivity contribution in [3.63, 3.8) is 0 Å². The highest BCUT2D eigenvalue weighted by Gasteiger charge is 2.46. The van der Waals surface area contributed by atoms with Crippen LogP contribution in [-0.2, 0) is 4.74 Å². The van der Waals surface area contributed by atoms with Gasteiger partial charge in [-0.3, -0.25) is 16.2 Å². The lowest BCUT2D eigenvalue weighted by Crippen LogP contribution is -2.60. The molecule has 20 heavy (non-hydrogen) atoms. The standard InChI is InChI=1S/C16H31N3O/c17-18-15(8-7-14-6-5-13-20-14)16(9-1-2-10-16)19-11-3-4-12-19/h14-15,18H,1-13,17H2. The van der Waals surface area contributed by atoms with E-state index in [1.54, 1.807) is 0 Å². The van der Waals surface area contributed by atoms with Gasteiger partial charge < -0.3 is 4.74 Å². The molecule has 2 unspecified atom stereocenters. The number of nitrogens with one attached hydrogen (secondary N) is 1. The molecular weight excluding hydrogens is 250 g/mol. The first-order chi connectivity index (χ1) is 9.85. The van der Waals surface area contributed by atoms with Gasteiger partial charge >= 0.3 is 0 Å². The molecule has 0 aromatic heterocycles. The molecule has 1 aliphatic carbocycles. The molecule has 116 valence electrons. The highest BCUT2D eigenvalue weighted by Crippen LogP contribution is 2.41. The highest BCUT2D eigenvalue weighted by atomic mass is 16.5. The van der Waals surface area contributed by atoms with Crippen LogP contribution in [0.3, 0.4) is 0 Å². The molecule has 0 aromatic rings. The van der Waals surface area contributed by atoms with E-state index in [0.29, 0.717) is 17.7 Å². The third-order valence-electron chi connectivity index (χ3n) is 5.86. The smallest absolute Gasteiger partial charge is 0.0576 e. The van der Waals surface area contributed by atoms with E-state index >= 15 is 0 Å². The van der Waals surface area contributed by atoms with Crippen LogP contribution in [0.25, 0.3) is 0 Å². The third kappa shape index (κ3) is 2.89. The lowest BCUT2D eigenvalue weighted by molar-refractivity contribution is 0.0557. The molecule has 0 radical (unpaired) electrons. The lowest BCUT2D eigenvalue weighted by atomic mass is 9.83. The van der Waals surface area contributed by atoms with Gasteiger partial charge in [0.15, 0.2) is 0 Å². The van der Waals surface area contributed by atoms with Crippen LogP contribution in [0.4, 0.5) is 0 Å². The fourth-order valence-electron chi connectivity index (χ4n) is 4.77. The Morgan fingerprint density at radius 3 is 2.50 bits per heavy atom. The van der Waals surface area contributed by atoms with Gasteiger partial charge in [-0.15, -0.1) is 0 Å². The van der Waals surface area contributed by atoms with Crippen molar-refractivity contribution in [2.24, 2.45) is 5.84 Å². The van der Waals surface area contributed by atoms with Crippen LogP contribution in [0.2, 0.25) is 0 Å². The zero-order valence-corrected chi connectivity index (χ0v) is 12.8. The average Bonchev–Trinajstić information content (AvgIpc) is 3.22. The molecule has 3 aliphatic rings. The van der Waals surface area contributed by atoms with Crippen molar-refractivity contribution in [2.45, 2.75) is 81.9 Å². The van der Waals surface area contributed by atoms with Crippen molar-refractivity contribution in [3.05, 3.63) is 0 Å². The van der Waals surface area contributed by atoms with Gasteiger partial charge in [0.1, 0.15) is 0 Å². The number of rotatable bonds is 6. The summed E-state index contributed by atoms with van der Waals surface area (Å²) in [7, 11) is 0. The van der Waals surface area contributed by atoms with E-state index in [-0.39, 0.29) is 0 Å². The summed E-state index contributed by atoms with van der Waals surface area (Å²) in [5, 5.41) is 0. The molecule has 0 aromatic carbocycles. The predicted molar refractivity (Wildman–Crippen MR) is 81.3 cm³/mol. The Hall–Kier alpha value is -0.160. The highest BCUT2D eigenvalue weighted by molar-refractivity contribution is 5.04. The minimum absolute atomic E-state index is 0.337. The number of ether oxygens (including phenoxy) is 1. The van der Waals surface area contributed by atoms with E-state index in [1.807, 2.05) is 0 Å². The van der Waals surface area contributed by atoms with Crippen molar-refractivity contribution in [1.82, 2.24) is 10.3 Å². The predicted octanol–water partition coefficient (Wildman–Crippen LogP) is 2.19. The molecule has 3 rings (SSSR count). The van der Waals surface area contributed by atoms with Crippen LogP contribution >= 0.6 is 0 Å². The second-order valence-corrected chi connectivity index (χ2v) is 6.94. The van der Waals surface area contributed by atoms with Gasteiger partial charge in [-0.2, -0.15) is 0 Å². The first kappa shape index (κ1) is 14.8. The molecule has 4 heteroatoms. The maximum Gasteiger partial charge on any atom is 0.0576 e. The summed E-state index contributed by atoms with van der Waals surface area (Å²) in [6.45, 7) is 3.51. The first-order valence-corrected chi connectivity index (χ1v) is 8.68. The third-order valence-corrected chi connectivity index (χ3v) is 5.86. The maximum atomic E-state index is 5.97. The van der Waals surface area contributed by atoms with Gasteiger partial charge in [0.05, 0.1) is 6.10 Å². The molecule has 0 spiro atoms. The molecule has 0 amide bonds. The lowest BCUT2D eigenvalue weighted by Gasteiger charge is -2.45. The largest absolute Gasteiger partial charge is 0.378 e. The summed E-state index contributed by atoms with van der Waals surface area (Å²) in [6.07, 6.45) is 13.4. The second kappa shape index (κ2) is 6.73. The summed E-state index contributed by atoms with van der Waals surface area (Å²) in [6, 6.07) is 0.437. The molecule has 1 saturated carbocycles. The van der Waals surface area contributed by atoms with Crippen molar-refractivity contribution < 1.29 is 4.74 Å². The number of hydrogen-bond donors (Lipinski definition) is 2. The van der Waals surface area contributed by atoms with E-state index in [9.17, 15) is 0 Å². The Bertz CT molecular complexity index is 292. The van der Waals surface area contributed by atoms with Gasteiger partial charge in [-0.05, 0) is 64.5 Å². The zero-order valence-electron chi connectivity index (χ0n) is 12.8. The van der Waals surface area contributed by atoms with Crippen molar-refractivity contribution in [1.29, 1.82) is 0 Å². The second-order valence-electron chi connectivity index (χ2n) is 6.94. The fourth-order valence-corrected chi connectivity index (χ4v) is 4.77. The van der Waals surface area contributed by atoms with Gasteiger partial charge in [-0.25, -0.2) is 0 Å². The summed E-state index contributed by atoms with van der Waals surface area (Å²) in [5.41, 5.74) is 3.53. The minimum Gasteiger partial charge on any atom is -0.378 e.